The van der Waals surface area contributed by atoms with Crippen LogP contribution in [0.2, 0.25) is 0 Å². The zero-order valence-electron chi connectivity index (χ0n) is 11.5. The standard InChI is InChI=1S/C13H23N3O3/c1-2-3-4-5-6-7-8-9-10-19-13-15-11(17)14-12(18)16-13/h2-10H2,1H3,(H2,14,15,16,17,18). The van der Waals surface area contributed by atoms with Gasteiger partial charge in [-0.05, 0) is 6.42 Å². The molecule has 0 aliphatic heterocycles. The number of H-pyrrole nitrogens is 2. The Balaban J connectivity index is 2.04. The lowest BCUT2D eigenvalue weighted by molar-refractivity contribution is 0.278. The third-order valence-electron chi connectivity index (χ3n) is 2.88. The molecule has 1 aromatic heterocycles. The van der Waals surface area contributed by atoms with Gasteiger partial charge in [-0.1, -0.05) is 51.9 Å². The van der Waals surface area contributed by atoms with E-state index in [4.69, 9.17) is 4.74 Å². The van der Waals surface area contributed by atoms with Crippen LogP contribution in [0.5, 0.6) is 6.01 Å². The van der Waals surface area contributed by atoms with Gasteiger partial charge in [-0.2, -0.15) is 0 Å². The highest BCUT2D eigenvalue weighted by Gasteiger charge is 1.99. The molecule has 1 heterocycles. The van der Waals surface area contributed by atoms with Crippen molar-refractivity contribution in [2.45, 2.75) is 58.3 Å². The lowest BCUT2D eigenvalue weighted by Crippen LogP contribution is -2.25. The van der Waals surface area contributed by atoms with Gasteiger partial charge in [0, 0.05) is 0 Å². The van der Waals surface area contributed by atoms with Gasteiger partial charge in [-0.3, -0.25) is 9.97 Å². The lowest BCUT2D eigenvalue weighted by Gasteiger charge is -2.04. The second kappa shape index (κ2) is 9.35. The molecule has 0 aromatic carbocycles. The SMILES string of the molecule is CCCCCCCCCCOc1nc(=O)[nH]c(=O)[nH]1. The summed E-state index contributed by atoms with van der Waals surface area (Å²) in [5, 5.41) is 0. The Morgan fingerprint density at radius 2 is 1.58 bits per heavy atom. The quantitative estimate of drug-likeness (QED) is 0.636. The zero-order chi connectivity index (χ0) is 13.9. The molecule has 2 N–H and O–H groups in total. The molecule has 0 aliphatic carbocycles. The van der Waals surface area contributed by atoms with Crippen LogP contribution in [-0.2, 0) is 0 Å². The molecule has 0 saturated carbocycles. The number of hydrogen-bond donors (Lipinski definition) is 2. The van der Waals surface area contributed by atoms with Gasteiger partial charge in [0.25, 0.3) is 0 Å². The Hall–Kier alpha value is -1.59. The van der Waals surface area contributed by atoms with Crippen molar-refractivity contribution in [3.8, 4) is 6.01 Å². The highest BCUT2D eigenvalue weighted by Crippen LogP contribution is 2.08. The van der Waals surface area contributed by atoms with Crippen molar-refractivity contribution in [2.75, 3.05) is 6.61 Å². The van der Waals surface area contributed by atoms with Gasteiger partial charge in [0.15, 0.2) is 0 Å². The fourth-order valence-electron chi connectivity index (χ4n) is 1.85. The van der Waals surface area contributed by atoms with Crippen LogP contribution in [-0.4, -0.2) is 21.6 Å². The smallest absolute Gasteiger partial charge is 0.353 e. The molecule has 0 radical (unpaired) electrons. The summed E-state index contributed by atoms with van der Waals surface area (Å²) in [6, 6.07) is -0.00306. The number of ether oxygens (including phenoxy) is 1. The number of unbranched alkanes of at least 4 members (excludes halogenated alkanes) is 7. The van der Waals surface area contributed by atoms with E-state index in [1.54, 1.807) is 0 Å². The van der Waals surface area contributed by atoms with Crippen LogP contribution >= 0.6 is 0 Å². The van der Waals surface area contributed by atoms with Gasteiger partial charge in [0.05, 0.1) is 6.61 Å². The van der Waals surface area contributed by atoms with Crippen molar-refractivity contribution in [3.05, 3.63) is 21.0 Å². The molecule has 0 saturated heterocycles. The van der Waals surface area contributed by atoms with E-state index in [1.165, 1.54) is 38.5 Å². The molecule has 1 rings (SSSR count). The maximum Gasteiger partial charge on any atom is 0.353 e. The minimum absolute atomic E-state index is 0.00306. The van der Waals surface area contributed by atoms with E-state index in [9.17, 15) is 9.59 Å². The first kappa shape index (κ1) is 15.5. The van der Waals surface area contributed by atoms with E-state index in [0.717, 1.165) is 12.8 Å². The molecule has 0 atom stereocenters. The molecule has 0 amide bonds. The molecule has 0 unspecified atom stereocenters. The molecule has 1 aromatic rings. The molecule has 6 nitrogen and oxygen atoms in total. The van der Waals surface area contributed by atoms with Gasteiger partial charge in [0.2, 0.25) is 0 Å². The maximum atomic E-state index is 10.9. The number of rotatable bonds is 10. The second-order valence-electron chi connectivity index (χ2n) is 4.62. The van der Waals surface area contributed by atoms with Crippen LogP contribution in [0.15, 0.2) is 9.59 Å². The van der Waals surface area contributed by atoms with E-state index in [1.807, 2.05) is 4.98 Å². The maximum absolute atomic E-state index is 10.9. The van der Waals surface area contributed by atoms with Crippen molar-refractivity contribution in [1.82, 2.24) is 15.0 Å². The Kier molecular flexibility index (Phi) is 7.62. The molecular formula is C13H23N3O3. The minimum Gasteiger partial charge on any atom is -0.465 e. The molecular weight excluding hydrogens is 246 g/mol. The molecule has 6 heteroatoms. The summed E-state index contributed by atoms with van der Waals surface area (Å²) >= 11 is 0. The molecule has 19 heavy (non-hydrogen) atoms. The van der Waals surface area contributed by atoms with E-state index in [0.29, 0.717) is 6.61 Å². The predicted molar refractivity (Wildman–Crippen MR) is 73.6 cm³/mol. The average molecular weight is 269 g/mol. The first-order chi connectivity index (χ1) is 9.22. The van der Waals surface area contributed by atoms with Gasteiger partial charge >= 0.3 is 17.4 Å². The second-order valence-corrected chi connectivity index (χ2v) is 4.62. The Morgan fingerprint density at radius 3 is 2.21 bits per heavy atom. The summed E-state index contributed by atoms with van der Waals surface area (Å²) in [4.78, 5) is 29.7. The van der Waals surface area contributed by atoms with E-state index < -0.39 is 11.4 Å². The summed E-state index contributed by atoms with van der Waals surface area (Å²) < 4.78 is 5.23. The first-order valence-electron chi connectivity index (χ1n) is 7.06. The van der Waals surface area contributed by atoms with Gasteiger partial charge in [0.1, 0.15) is 0 Å². The van der Waals surface area contributed by atoms with E-state index >= 15 is 0 Å². The van der Waals surface area contributed by atoms with Crippen LogP contribution in [0.3, 0.4) is 0 Å². The fourth-order valence-corrected chi connectivity index (χ4v) is 1.85. The van der Waals surface area contributed by atoms with Crippen molar-refractivity contribution in [2.24, 2.45) is 0 Å². The van der Waals surface area contributed by atoms with Crippen LogP contribution in [0.4, 0.5) is 0 Å². The van der Waals surface area contributed by atoms with Gasteiger partial charge in [-0.25, -0.2) is 9.59 Å². The first-order valence-corrected chi connectivity index (χ1v) is 7.06. The number of nitrogens with zero attached hydrogens (tertiary/aromatic N) is 1. The lowest BCUT2D eigenvalue weighted by atomic mass is 10.1. The van der Waals surface area contributed by atoms with Gasteiger partial charge in [-0.15, -0.1) is 4.98 Å². The fraction of sp³-hybridized carbons (Fsp3) is 0.769. The normalized spacial score (nSPS) is 10.6. The monoisotopic (exact) mass is 269 g/mol. The van der Waals surface area contributed by atoms with Crippen molar-refractivity contribution >= 4 is 0 Å². The third-order valence-corrected chi connectivity index (χ3v) is 2.88. The molecule has 0 fully saturated rings. The summed E-state index contributed by atoms with van der Waals surface area (Å²) in [5.41, 5.74) is -1.28. The number of aromatic nitrogens is 3. The Labute approximate surface area is 112 Å². The number of hydrogen-bond acceptors (Lipinski definition) is 4. The van der Waals surface area contributed by atoms with E-state index in [-0.39, 0.29) is 6.01 Å². The predicted octanol–water partition coefficient (Wildman–Crippen LogP) is 1.98. The van der Waals surface area contributed by atoms with Crippen LogP contribution in [0.1, 0.15) is 58.3 Å². The van der Waals surface area contributed by atoms with Crippen molar-refractivity contribution in [1.29, 1.82) is 0 Å². The highest BCUT2D eigenvalue weighted by atomic mass is 16.5. The molecule has 108 valence electrons. The van der Waals surface area contributed by atoms with Crippen LogP contribution in [0, 0.1) is 0 Å². The minimum atomic E-state index is -0.685. The number of nitrogens with one attached hydrogen (secondary N) is 2. The van der Waals surface area contributed by atoms with Crippen molar-refractivity contribution < 1.29 is 4.74 Å². The average Bonchev–Trinajstić information content (AvgIpc) is 2.36. The van der Waals surface area contributed by atoms with Crippen LogP contribution in [0.25, 0.3) is 0 Å². The zero-order valence-corrected chi connectivity index (χ0v) is 11.5. The summed E-state index contributed by atoms with van der Waals surface area (Å²) in [6.45, 7) is 2.69. The highest BCUT2D eigenvalue weighted by molar-refractivity contribution is 4.87. The summed E-state index contributed by atoms with van der Waals surface area (Å²) in [7, 11) is 0. The summed E-state index contributed by atoms with van der Waals surface area (Å²) in [5.74, 6) is 0. The number of aromatic amines is 2. The Bertz CT molecular complexity index is 425. The Morgan fingerprint density at radius 1 is 0.947 bits per heavy atom. The van der Waals surface area contributed by atoms with Crippen molar-refractivity contribution in [3.63, 3.8) is 0 Å². The topological polar surface area (TPSA) is 87.8 Å². The molecule has 0 aliphatic rings. The molecule has 0 spiro atoms. The summed E-state index contributed by atoms with van der Waals surface area (Å²) in [6.07, 6.45) is 9.69. The van der Waals surface area contributed by atoms with E-state index in [2.05, 4.69) is 16.9 Å². The van der Waals surface area contributed by atoms with Gasteiger partial charge < -0.3 is 4.74 Å². The molecule has 0 bridgehead atoms. The largest absolute Gasteiger partial charge is 0.465 e. The van der Waals surface area contributed by atoms with Crippen LogP contribution < -0.4 is 16.1 Å². The third kappa shape index (κ3) is 7.43.